The van der Waals surface area contributed by atoms with Gasteiger partial charge in [0.15, 0.2) is 0 Å². The second kappa shape index (κ2) is 6.80. The summed E-state index contributed by atoms with van der Waals surface area (Å²) in [6, 6.07) is 0. The molecule has 1 unspecified atom stereocenters. The highest BCUT2D eigenvalue weighted by Gasteiger charge is 2.18. The standard InChI is InChI=1S/C14H24N4O3/c1-3-6-18-12(15)11(13(19)17(2)14(18)20)16-8-10-5-4-7-21-9-10/h10,16H,3-9,15H2,1-2H3. The number of rotatable bonds is 5. The van der Waals surface area contributed by atoms with Crippen LogP contribution in [0.2, 0.25) is 0 Å². The number of nitrogens with zero attached hydrogens (tertiary/aromatic N) is 2. The van der Waals surface area contributed by atoms with E-state index in [1.165, 1.54) is 11.6 Å². The molecule has 0 radical (unpaired) electrons. The van der Waals surface area contributed by atoms with Crippen LogP contribution in [0.1, 0.15) is 26.2 Å². The first-order valence-electron chi connectivity index (χ1n) is 7.47. The molecular weight excluding hydrogens is 272 g/mol. The molecule has 1 atom stereocenters. The summed E-state index contributed by atoms with van der Waals surface area (Å²) in [6.07, 6.45) is 2.88. The summed E-state index contributed by atoms with van der Waals surface area (Å²) in [5.41, 5.74) is 5.58. The van der Waals surface area contributed by atoms with Crippen LogP contribution in [0.4, 0.5) is 11.5 Å². The first-order chi connectivity index (χ1) is 10.1. The van der Waals surface area contributed by atoms with Crippen molar-refractivity contribution in [1.82, 2.24) is 9.13 Å². The lowest BCUT2D eigenvalue weighted by atomic mass is 10.0. The largest absolute Gasteiger partial charge is 0.383 e. The maximum Gasteiger partial charge on any atom is 0.332 e. The Labute approximate surface area is 123 Å². The van der Waals surface area contributed by atoms with E-state index in [-0.39, 0.29) is 17.1 Å². The van der Waals surface area contributed by atoms with E-state index in [4.69, 9.17) is 10.5 Å². The molecule has 7 heteroatoms. The number of hydrogen-bond acceptors (Lipinski definition) is 5. The van der Waals surface area contributed by atoms with Gasteiger partial charge in [-0.1, -0.05) is 6.92 Å². The van der Waals surface area contributed by atoms with E-state index in [0.29, 0.717) is 31.3 Å². The van der Waals surface area contributed by atoms with Gasteiger partial charge in [0.2, 0.25) is 0 Å². The first-order valence-corrected chi connectivity index (χ1v) is 7.47. The lowest BCUT2D eigenvalue weighted by Crippen LogP contribution is -2.41. The fraction of sp³-hybridized carbons (Fsp3) is 0.714. The van der Waals surface area contributed by atoms with E-state index < -0.39 is 0 Å². The third-order valence-corrected chi connectivity index (χ3v) is 3.85. The summed E-state index contributed by atoms with van der Waals surface area (Å²) < 4.78 is 7.97. The zero-order chi connectivity index (χ0) is 15.4. The summed E-state index contributed by atoms with van der Waals surface area (Å²) in [6.45, 7) is 4.59. The van der Waals surface area contributed by atoms with Crippen LogP contribution in [0.15, 0.2) is 9.59 Å². The molecule has 1 aromatic rings. The van der Waals surface area contributed by atoms with Crippen molar-refractivity contribution < 1.29 is 4.74 Å². The molecule has 2 heterocycles. The maximum absolute atomic E-state index is 12.2. The molecule has 2 rings (SSSR count). The third-order valence-electron chi connectivity index (χ3n) is 3.85. The maximum atomic E-state index is 12.2. The molecule has 0 aliphatic carbocycles. The Hall–Kier alpha value is -1.76. The van der Waals surface area contributed by atoms with E-state index >= 15 is 0 Å². The van der Waals surface area contributed by atoms with Crippen LogP contribution in [-0.4, -0.2) is 28.9 Å². The fourth-order valence-corrected chi connectivity index (χ4v) is 2.60. The minimum Gasteiger partial charge on any atom is -0.383 e. The Kier molecular flexibility index (Phi) is 5.06. The van der Waals surface area contributed by atoms with Crippen molar-refractivity contribution in [2.45, 2.75) is 32.7 Å². The van der Waals surface area contributed by atoms with Crippen LogP contribution in [0, 0.1) is 5.92 Å². The van der Waals surface area contributed by atoms with Gasteiger partial charge < -0.3 is 15.8 Å². The molecule has 0 saturated carbocycles. The van der Waals surface area contributed by atoms with Crippen molar-refractivity contribution in [3.8, 4) is 0 Å². The van der Waals surface area contributed by atoms with Crippen LogP contribution < -0.4 is 22.3 Å². The zero-order valence-electron chi connectivity index (χ0n) is 12.7. The van der Waals surface area contributed by atoms with Gasteiger partial charge in [0, 0.05) is 26.7 Å². The van der Waals surface area contributed by atoms with Crippen LogP contribution in [-0.2, 0) is 18.3 Å². The summed E-state index contributed by atoms with van der Waals surface area (Å²) in [4.78, 5) is 24.3. The van der Waals surface area contributed by atoms with Crippen LogP contribution in [0.25, 0.3) is 0 Å². The smallest absolute Gasteiger partial charge is 0.332 e. The Morgan fingerprint density at radius 2 is 2.19 bits per heavy atom. The van der Waals surface area contributed by atoms with Gasteiger partial charge in [-0.3, -0.25) is 13.9 Å². The monoisotopic (exact) mass is 296 g/mol. The predicted molar refractivity (Wildman–Crippen MR) is 82.7 cm³/mol. The Balaban J connectivity index is 2.25. The van der Waals surface area contributed by atoms with Gasteiger partial charge in [0.1, 0.15) is 11.5 Å². The molecule has 1 aromatic heterocycles. The van der Waals surface area contributed by atoms with Crippen molar-refractivity contribution >= 4 is 11.5 Å². The van der Waals surface area contributed by atoms with Crippen molar-refractivity contribution in [3.63, 3.8) is 0 Å². The normalized spacial score (nSPS) is 18.7. The van der Waals surface area contributed by atoms with Gasteiger partial charge in [-0.15, -0.1) is 0 Å². The number of nitrogens with one attached hydrogen (secondary N) is 1. The van der Waals surface area contributed by atoms with E-state index in [1.807, 2.05) is 6.92 Å². The average Bonchev–Trinajstić information content (AvgIpc) is 2.50. The molecule has 0 spiro atoms. The van der Waals surface area contributed by atoms with Gasteiger partial charge >= 0.3 is 5.69 Å². The van der Waals surface area contributed by atoms with Crippen molar-refractivity contribution in [2.75, 3.05) is 30.8 Å². The van der Waals surface area contributed by atoms with Gasteiger partial charge in [-0.05, 0) is 25.2 Å². The third kappa shape index (κ3) is 3.29. The van der Waals surface area contributed by atoms with Crippen LogP contribution in [0.5, 0.6) is 0 Å². The number of aromatic nitrogens is 2. The highest BCUT2D eigenvalue weighted by atomic mass is 16.5. The highest BCUT2D eigenvalue weighted by Crippen LogP contribution is 2.16. The molecule has 1 aliphatic rings. The number of anilines is 2. The molecule has 7 nitrogen and oxygen atoms in total. The van der Waals surface area contributed by atoms with Crippen LogP contribution >= 0.6 is 0 Å². The van der Waals surface area contributed by atoms with Gasteiger partial charge in [0.05, 0.1) is 6.61 Å². The topological polar surface area (TPSA) is 91.3 Å². The number of nitrogens with two attached hydrogens (primary N) is 1. The molecule has 0 amide bonds. The molecule has 118 valence electrons. The summed E-state index contributed by atoms with van der Waals surface area (Å²) in [5, 5.41) is 3.12. The minimum atomic E-state index is -0.374. The summed E-state index contributed by atoms with van der Waals surface area (Å²) >= 11 is 0. The SMILES string of the molecule is CCCn1c(N)c(NCC2CCCOC2)c(=O)n(C)c1=O. The molecule has 1 fully saturated rings. The second-order valence-corrected chi connectivity index (χ2v) is 5.52. The quantitative estimate of drug-likeness (QED) is 0.819. The zero-order valence-corrected chi connectivity index (χ0v) is 12.7. The van der Waals surface area contributed by atoms with E-state index in [0.717, 1.165) is 30.4 Å². The predicted octanol–water partition coefficient (Wildman–Crippen LogP) is 0.378. The van der Waals surface area contributed by atoms with Crippen molar-refractivity contribution in [2.24, 2.45) is 13.0 Å². The minimum absolute atomic E-state index is 0.224. The Bertz CT molecular complexity index is 599. The van der Waals surface area contributed by atoms with Gasteiger partial charge in [-0.2, -0.15) is 0 Å². The number of ether oxygens (including phenoxy) is 1. The van der Waals surface area contributed by atoms with E-state index in [2.05, 4.69) is 5.32 Å². The summed E-state index contributed by atoms with van der Waals surface area (Å²) in [5.74, 6) is 0.594. The Morgan fingerprint density at radius 1 is 1.43 bits per heavy atom. The number of nitrogen functional groups attached to an aromatic ring is 1. The lowest BCUT2D eigenvalue weighted by molar-refractivity contribution is 0.0595. The molecule has 0 bridgehead atoms. The van der Waals surface area contributed by atoms with Gasteiger partial charge in [-0.25, -0.2) is 4.79 Å². The number of hydrogen-bond donors (Lipinski definition) is 2. The fourth-order valence-electron chi connectivity index (χ4n) is 2.60. The molecule has 21 heavy (non-hydrogen) atoms. The Morgan fingerprint density at radius 3 is 2.81 bits per heavy atom. The van der Waals surface area contributed by atoms with Crippen LogP contribution in [0.3, 0.4) is 0 Å². The van der Waals surface area contributed by atoms with E-state index in [1.54, 1.807) is 0 Å². The highest BCUT2D eigenvalue weighted by molar-refractivity contribution is 5.60. The van der Waals surface area contributed by atoms with E-state index in [9.17, 15) is 9.59 Å². The molecule has 1 aliphatic heterocycles. The molecule has 3 N–H and O–H groups in total. The molecular formula is C14H24N4O3. The van der Waals surface area contributed by atoms with Gasteiger partial charge in [0.25, 0.3) is 5.56 Å². The molecule has 1 saturated heterocycles. The van der Waals surface area contributed by atoms with Crippen molar-refractivity contribution in [1.29, 1.82) is 0 Å². The average molecular weight is 296 g/mol. The molecule has 0 aromatic carbocycles. The lowest BCUT2D eigenvalue weighted by Gasteiger charge is -2.23. The summed E-state index contributed by atoms with van der Waals surface area (Å²) in [7, 11) is 1.48. The second-order valence-electron chi connectivity index (χ2n) is 5.52. The van der Waals surface area contributed by atoms with Crippen molar-refractivity contribution in [3.05, 3.63) is 20.8 Å². The first kappa shape index (κ1) is 15.6.